The van der Waals surface area contributed by atoms with Crippen LogP contribution < -0.4 is 0 Å². The van der Waals surface area contributed by atoms with Gasteiger partial charge in [0.1, 0.15) is 5.76 Å². The number of hydrogen-bond acceptors (Lipinski definition) is 4. The van der Waals surface area contributed by atoms with Crippen LogP contribution in [0.1, 0.15) is 34.2 Å². The highest BCUT2D eigenvalue weighted by molar-refractivity contribution is 5.31. The van der Waals surface area contributed by atoms with E-state index in [1.807, 2.05) is 37.1 Å². The summed E-state index contributed by atoms with van der Waals surface area (Å²) >= 11 is 0. The largest absolute Gasteiger partial charge is 0.387 e. The van der Waals surface area contributed by atoms with Crippen molar-refractivity contribution in [3.63, 3.8) is 0 Å². The van der Waals surface area contributed by atoms with E-state index in [4.69, 9.17) is 4.52 Å². The van der Waals surface area contributed by atoms with Crippen LogP contribution in [-0.4, -0.2) is 28.8 Å². The highest BCUT2D eigenvalue weighted by Gasteiger charge is 2.13. The number of aryl methyl sites for hydroxylation is 3. The minimum atomic E-state index is -0.493. The van der Waals surface area contributed by atoms with E-state index in [0.717, 1.165) is 17.0 Å². The fraction of sp³-hybridized carbons (Fsp3) is 0.438. The summed E-state index contributed by atoms with van der Waals surface area (Å²) in [6.07, 6.45) is -0.493. The summed E-state index contributed by atoms with van der Waals surface area (Å²) in [5.41, 5.74) is 4.29. The lowest BCUT2D eigenvalue weighted by molar-refractivity contribution is 0.122. The van der Waals surface area contributed by atoms with Gasteiger partial charge >= 0.3 is 0 Å². The number of rotatable bonds is 5. The van der Waals surface area contributed by atoms with E-state index in [1.54, 1.807) is 0 Å². The van der Waals surface area contributed by atoms with E-state index in [-0.39, 0.29) is 0 Å². The SMILES string of the molecule is Cc1cc(CN(C)C[C@H](O)c2ccc(C)c(C)c2)no1. The van der Waals surface area contributed by atoms with Crippen molar-refractivity contribution in [3.05, 3.63) is 52.4 Å². The lowest BCUT2D eigenvalue weighted by Gasteiger charge is -2.20. The van der Waals surface area contributed by atoms with Crippen LogP contribution in [0, 0.1) is 20.8 Å². The Kier molecular flexibility index (Phi) is 4.57. The van der Waals surface area contributed by atoms with Crippen LogP contribution in [0.15, 0.2) is 28.8 Å². The molecule has 0 amide bonds. The molecule has 0 bridgehead atoms. The fourth-order valence-corrected chi connectivity index (χ4v) is 2.21. The maximum atomic E-state index is 10.3. The summed E-state index contributed by atoms with van der Waals surface area (Å²) in [6.45, 7) is 7.24. The Morgan fingerprint density at radius 1 is 1.20 bits per heavy atom. The van der Waals surface area contributed by atoms with Crippen LogP contribution in [-0.2, 0) is 6.54 Å². The molecule has 0 aliphatic rings. The molecule has 108 valence electrons. The Balaban J connectivity index is 1.96. The van der Waals surface area contributed by atoms with Gasteiger partial charge in [-0.3, -0.25) is 4.90 Å². The van der Waals surface area contributed by atoms with Gasteiger partial charge in [-0.15, -0.1) is 0 Å². The van der Waals surface area contributed by atoms with E-state index in [0.29, 0.717) is 13.1 Å². The van der Waals surface area contributed by atoms with E-state index in [1.165, 1.54) is 11.1 Å². The van der Waals surface area contributed by atoms with Gasteiger partial charge in [0.25, 0.3) is 0 Å². The first-order chi connectivity index (χ1) is 9.45. The third-order valence-corrected chi connectivity index (χ3v) is 3.51. The summed E-state index contributed by atoms with van der Waals surface area (Å²) < 4.78 is 5.04. The number of hydrogen-bond donors (Lipinski definition) is 1. The van der Waals surface area contributed by atoms with E-state index in [9.17, 15) is 5.11 Å². The maximum absolute atomic E-state index is 10.3. The molecule has 1 heterocycles. The molecule has 1 aromatic carbocycles. The molecule has 0 spiro atoms. The van der Waals surface area contributed by atoms with Crippen molar-refractivity contribution in [3.8, 4) is 0 Å². The van der Waals surface area contributed by atoms with E-state index < -0.39 is 6.10 Å². The maximum Gasteiger partial charge on any atom is 0.133 e. The van der Waals surface area contributed by atoms with Crippen molar-refractivity contribution >= 4 is 0 Å². The first-order valence-electron chi connectivity index (χ1n) is 6.81. The van der Waals surface area contributed by atoms with Crippen LogP contribution in [0.5, 0.6) is 0 Å². The first-order valence-corrected chi connectivity index (χ1v) is 6.81. The van der Waals surface area contributed by atoms with Gasteiger partial charge < -0.3 is 9.63 Å². The van der Waals surface area contributed by atoms with Gasteiger partial charge in [-0.1, -0.05) is 23.4 Å². The summed E-state index contributed by atoms with van der Waals surface area (Å²) in [5.74, 6) is 0.808. The molecule has 1 atom stereocenters. The molecule has 2 aromatic rings. The molecule has 0 aliphatic carbocycles. The minimum absolute atomic E-state index is 0.493. The Labute approximate surface area is 120 Å². The molecular weight excluding hydrogens is 252 g/mol. The van der Waals surface area contributed by atoms with Gasteiger partial charge in [-0.2, -0.15) is 0 Å². The molecule has 0 saturated carbocycles. The second-order valence-corrected chi connectivity index (χ2v) is 5.49. The van der Waals surface area contributed by atoms with Gasteiger partial charge in [0, 0.05) is 19.2 Å². The Hall–Kier alpha value is -1.65. The molecule has 2 rings (SSSR count). The molecule has 1 N–H and O–H groups in total. The summed E-state index contributed by atoms with van der Waals surface area (Å²) in [5, 5.41) is 14.3. The third-order valence-electron chi connectivity index (χ3n) is 3.51. The van der Waals surface area contributed by atoms with Crippen molar-refractivity contribution in [2.24, 2.45) is 0 Å². The number of aliphatic hydroxyl groups excluding tert-OH is 1. The van der Waals surface area contributed by atoms with Crippen LogP contribution in [0.25, 0.3) is 0 Å². The summed E-state index contributed by atoms with van der Waals surface area (Å²) in [7, 11) is 1.97. The van der Waals surface area contributed by atoms with Gasteiger partial charge in [-0.25, -0.2) is 0 Å². The predicted molar refractivity (Wildman–Crippen MR) is 78.4 cm³/mol. The Bertz CT molecular complexity index is 578. The number of aliphatic hydroxyl groups is 1. The summed E-state index contributed by atoms with van der Waals surface area (Å²) in [4.78, 5) is 2.04. The predicted octanol–water partition coefficient (Wildman–Crippen LogP) is 2.77. The second-order valence-electron chi connectivity index (χ2n) is 5.49. The van der Waals surface area contributed by atoms with Crippen LogP contribution in [0.3, 0.4) is 0 Å². The molecule has 0 radical (unpaired) electrons. The molecule has 4 nitrogen and oxygen atoms in total. The van der Waals surface area contributed by atoms with Gasteiger partial charge in [-0.05, 0) is 44.5 Å². The third kappa shape index (κ3) is 3.68. The molecular formula is C16H22N2O2. The monoisotopic (exact) mass is 274 g/mol. The normalized spacial score (nSPS) is 12.9. The number of nitrogens with zero attached hydrogens (tertiary/aromatic N) is 2. The van der Waals surface area contributed by atoms with Crippen molar-refractivity contribution in [2.45, 2.75) is 33.4 Å². The molecule has 0 unspecified atom stereocenters. The zero-order valence-electron chi connectivity index (χ0n) is 12.6. The minimum Gasteiger partial charge on any atom is -0.387 e. The lowest BCUT2D eigenvalue weighted by atomic mass is 10.0. The molecule has 20 heavy (non-hydrogen) atoms. The van der Waals surface area contributed by atoms with Gasteiger partial charge in [0.05, 0.1) is 11.8 Å². The van der Waals surface area contributed by atoms with Crippen LogP contribution in [0.4, 0.5) is 0 Å². The topological polar surface area (TPSA) is 49.5 Å². The van der Waals surface area contributed by atoms with Crippen LogP contribution in [0.2, 0.25) is 0 Å². The highest BCUT2D eigenvalue weighted by atomic mass is 16.5. The summed E-state index contributed by atoms with van der Waals surface area (Å²) in [6, 6.07) is 8.00. The van der Waals surface area contributed by atoms with Crippen molar-refractivity contribution in [1.82, 2.24) is 10.1 Å². The Morgan fingerprint density at radius 3 is 2.55 bits per heavy atom. The van der Waals surface area contributed by atoms with E-state index >= 15 is 0 Å². The zero-order valence-corrected chi connectivity index (χ0v) is 12.6. The number of aromatic nitrogens is 1. The number of likely N-dealkylation sites (N-methyl/N-ethyl adjacent to an activating group) is 1. The standard InChI is InChI=1S/C16H22N2O2/c1-11-5-6-14(7-12(11)2)16(19)10-18(4)9-15-8-13(3)20-17-15/h5-8,16,19H,9-10H2,1-4H3/t16-/m0/s1. The highest BCUT2D eigenvalue weighted by Crippen LogP contribution is 2.18. The molecule has 0 aliphatic heterocycles. The zero-order chi connectivity index (χ0) is 14.7. The molecule has 4 heteroatoms. The lowest BCUT2D eigenvalue weighted by Crippen LogP contribution is -2.24. The fourth-order valence-electron chi connectivity index (χ4n) is 2.21. The first kappa shape index (κ1) is 14.8. The second kappa shape index (κ2) is 6.20. The van der Waals surface area contributed by atoms with Crippen molar-refractivity contribution in [1.29, 1.82) is 0 Å². The van der Waals surface area contributed by atoms with E-state index in [2.05, 4.69) is 25.1 Å². The smallest absolute Gasteiger partial charge is 0.133 e. The molecule has 0 fully saturated rings. The van der Waals surface area contributed by atoms with Crippen molar-refractivity contribution < 1.29 is 9.63 Å². The number of benzene rings is 1. The quantitative estimate of drug-likeness (QED) is 0.911. The molecule has 1 aromatic heterocycles. The van der Waals surface area contributed by atoms with Crippen molar-refractivity contribution in [2.75, 3.05) is 13.6 Å². The average molecular weight is 274 g/mol. The Morgan fingerprint density at radius 2 is 1.95 bits per heavy atom. The average Bonchev–Trinajstić information content (AvgIpc) is 2.77. The van der Waals surface area contributed by atoms with Gasteiger partial charge in [0.2, 0.25) is 0 Å². The van der Waals surface area contributed by atoms with Crippen LogP contribution >= 0.6 is 0 Å². The van der Waals surface area contributed by atoms with Gasteiger partial charge in [0.15, 0.2) is 0 Å². The molecule has 0 saturated heterocycles.